The molecule has 0 aliphatic carbocycles. The van der Waals surface area contributed by atoms with Crippen LogP contribution < -0.4 is 4.74 Å². The van der Waals surface area contributed by atoms with Gasteiger partial charge in [0.05, 0.1) is 6.61 Å². The van der Waals surface area contributed by atoms with Crippen LogP contribution in [0.5, 0.6) is 5.75 Å². The van der Waals surface area contributed by atoms with E-state index in [0.717, 1.165) is 18.8 Å². The molecule has 0 N–H and O–H groups in total. The van der Waals surface area contributed by atoms with Crippen LogP contribution >= 0.6 is 0 Å². The molecule has 116 valence electrons. The highest BCUT2D eigenvalue weighted by atomic mass is 16.6. The summed E-state index contributed by atoms with van der Waals surface area (Å²) in [6, 6.07) is 8.50. The Balaban J connectivity index is 1.55. The molecule has 1 unspecified atom stereocenters. The lowest BCUT2D eigenvalue weighted by Crippen LogP contribution is -2.04. The summed E-state index contributed by atoms with van der Waals surface area (Å²) in [5.41, 5.74) is 1.39. The van der Waals surface area contributed by atoms with Crippen LogP contribution in [0.25, 0.3) is 0 Å². The average molecular weight is 288 g/mol. The lowest BCUT2D eigenvalue weighted by atomic mass is 10.0. The Hall–Kier alpha value is -1.28. The number of epoxide rings is 1. The Kier molecular flexibility index (Phi) is 7.37. The molecule has 2 rings (SSSR count). The van der Waals surface area contributed by atoms with E-state index in [1.807, 2.05) is 6.07 Å². The molecule has 0 spiro atoms. The smallest absolute Gasteiger partial charge is 0.119 e. The molecule has 1 saturated heterocycles. The second-order valence-electron chi connectivity index (χ2n) is 5.79. The van der Waals surface area contributed by atoms with Gasteiger partial charge >= 0.3 is 0 Å². The van der Waals surface area contributed by atoms with Crippen molar-refractivity contribution in [3.8, 4) is 5.75 Å². The predicted octanol–water partition coefficient (Wildman–Crippen LogP) is 4.92. The van der Waals surface area contributed by atoms with Crippen molar-refractivity contribution in [2.24, 2.45) is 0 Å². The Morgan fingerprint density at radius 3 is 2.81 bits per heavy atom. The van der Waals surface area contributed by atoms with E-state index in [9.17, 15) is 0 Å². The molecule has 1 fully saturated rings. The van der Waals surface area contributed by atoms with E-state index in [4.69, 9.17) is 9.47 Å². The first-order chi connectivity index (χ1) is 10.4. The molecule has 0 aromatic heterocycles. The molecule has 1 aliphatic heterocycles. The average Bonchev–Trinajstić information content (AvgIpc) is 3.33. The maximum atomic E-state index is 5.72. The highest BCUT2D eigenvalue weighted by molar-refractivity contribution is 5.28. The highest BCUT2D eigenvalue weighted by Crippen LogP contribution is 2.18. The van der Waals surface area contributed by atoms with E-state index in [-0.39, 0.29) is 0 Å². The van der Waals surface area contributed by atoms with Crippen molar-refractivity contribution in [1.82, 2.24) is 0 Å². The summed E-state index contributed by atoms with van der Waals surface area (Å²) in [6.45, 7) is 3.64. The third-order valence-corrected chi connectivity index (χ3v) is 3.81. The fraction of sp³-hybridized carbons (Fsp3) is 0.579. The SMILES string of the molecule is C/C=C/CCCCCCCc1cccc(OCC2CO2)c1. The maximum Gasteiger partial charge on any atom is 0.119 e. The van der Waals surface area contributed by atoms with Gasteiger partial charge in [-0.2, -0.15) is 0 Å². The van der Waals surface area contributed by atoms with E-state index in [0.29, 0.717) is 12.7 Å². The lowest BCUT2D eigenvalue weighted by molar-refractivity contribution is 0.263. The molecule has 0 radical (unpaired) electrons. The van der Waals surface area contributed by atoms with Crippen molar-refractivity contribution >= 4 is 0 Å². The summed E-state index contributed by atoms with van der Waals surface area (Å²) in [7, 11) is 0. The number of aryl methyl sites for hydroxylation is 1. The third-order valence-electron chi connectivity index (χ3n) is 3.81. The standard InChI is InChI=1S/C19H28O2/c1-2-3-4-5-6-7-8-9-11-17-12-10-13-18(14-17)20-15-19-16-21-19/h2-3,10,12-14,19H,4-9,11,15-16H2,1H3/b3-2+. The first-order valence-electron chi connectivity index (χ1n) is 8.33. The van der Waals surface area contributed by atoms with Gasteiger partial charge in [0.1, 0.15) is 18.5 Å². The van der Waals surface area contributed by atoms with Crippen molar-refractivity contribution in [1.29, 1.82) is 0 Å². The number of hydrogen-bond donors (Lipinski definition) is 0. The number of hydrogen-bond acceptors (Lipinski definition) is 2. The van der Waals surface area contributed by atoms with Crippen molar-refractivity contribution in [2.45, 2.75) is 58.0 Å². The van der Waals surface area contributed by atoms with Gasteiger partial charge < -0.3 is 9.47 Å². The van der Waals surface area contributed by atoms with Crippen LogP contribution in [0.4, 0.5) is 0 Å². The molecular weight excluding hydrogens is 260 g/mol. The Bertz CT molecular complexity index is 421. The van der Waals surface area contributed by atoms with E-state index in [2.05, 4.69) is 37.3 Å². The molecule has 21 heavy (non-hydrogen) atoms. The van der Waals surface area contributed by atoms with Crippen LogP contribution in [0.3, 0.4) is 0 Å². The van der Waals surface area contributed by atoms with Crippen molar-refractivity contribution in [3.63, 3.8) is 0 Å². The zero-order chi connectivity index (χ0) is 14.8. The van der Waals surface area contributed by atoms with Crippen molar-refractivity contribution < 1.29 is 9.47 Å². The normalized spacial score (nSPS) is 17.3. The fourth-order valence-electron chi connectivity index (χ4n) is 2.43. The summed E-state index contributed by atoms with van der Waals surface area (Å²) < 4.78 is 10.9. The molecular formula is C19H28O2. The van der Waals surface area contributed by atoms with E-state index >= 15 is 0 Å². The Labute approximate surface area is 129 Å². The zero-order valence-corrected chi connectivity index (χ0v) is 13.2. The summed E-state index contributed by atoms with van der Waals surface area (Å²) in [5.74, 6) is 0.981. The van der Waals surface area contributed by atoms with Crippen LogP contribution in [0, 0.1) is 0 Å². The van der Waals surface area contributed by atoms with Gasteiger partial charge in [0.2, 0.25) is 0 Å². The van der Waals surface area contributed by atoms with Crippen LogP contribution in [-0.4, -0.2) is 19.3 Å². The number of unbranched alkanes of at least 4 members (excludes halogenated alkanes) is 5. The highest BCUT2D eigenvalue weighted by Gasteiger charge is 2.22. The lowest BCUT2D eigenvalue weighted by Gasteiger charge is -2.07. The van der Waals surface area contributed by atoms with Crippen LogP contribution in [0.15, 0.2) is 36.4 Å². The molecule has 0 amide bonds. The molecule has 2 heteroatoms. The molecule has 1 atom stereocenters. The second kappa shape index (κ2) is 9.62. The van der Waals surface area contributed by atoms with Gasteiger partial charge in [-0.1, -0.05) is 43.5 Å². The minimum absolute atomic E-state index is 0.330. The fourth-order valence-corrected chi connectivity index (χ4v) is 2.43. The minimum atomic E-state index is 0.330. The zero-order valence-electron chi connectivity index (χ0n) is 13.2. The van der Waals surface area contributed by atoms with Gasteiger partial charge in [-0.25, -0.2) is 0 Å². The van der Waals surface area contributed by atoms with Crippen LogP contribution in [0.2, 0.25) is 0 Å². The summed E-state index contributed by atoms with van der Waals surface area (Å²) in [5, 5.41) is 0. The molecule has 2 nitrogen and oxygen atoms in total. The quantitative estimate of drug-likeness (QED) is 0.327. The number of ether oxygens (including phenoxy) is 2. The van der Waals surface area contributed by atoms with Gasteiger partial charge in [0.15, 0.2) is 0 Å². The first-order valence-corrected chi connectivity index (χ1v) is 8.33. The summed E-state index contributed by atoms with van der Waals surface area (Å²) in [4.78, 5) is 0. The minimum Gasteiger partial charge on any atom is -0.491 e. The number of allylic oxidation sites excluding steroid dienone is 2. The molecule has 0 bridgehead atoms. The predicted molar refractivity (Wildman–Crippen MR) is 87.9 cm³/mol. The second-order valence-corrected chi connectivity index (χ2v) is 5.79. The van der Waals surface area contributed by atoms with Gasteiger partial charge in [0, 0.05) is 0 Å². The molecule has 0 saturated carbocycles. The van der Waals surface area contributed by atoms with Gasteiger partial charge in [-0.3, -0.25) is 0 Å². The molecule has 1 aromatic rings. The van der Waals surface area contributed by atoms with Crippen molar-refractivity contribution in [2.75, 3.05) is 13.2 Å². The molecule has 1 aliphatic rings. The third kappa shape index (κ3) is 7.33. The van der Waals surface area contributed by atoms with Crippen molar-refractivity contribution in [3.05, 3.63) is 42.0 Å². The van der Waals surface area contributed by atoms with Gasteiger partial charge in [0.25, 0.3) is 0 Å². The van der Waals surface area contributed by atoms with E-state index < -0.39 is 0 Å². The number of rotatable bonds is 11. The largest absolute Gasteiger partial charge is 0.491 e. The monoisotopic (exact) mass is 288 g/mol. The Morgan fingerprint density at radius 2 is 2.00 bits per heavy atom. The van der Waals surface area contributed by atoms with E-state index in [1.54, 1.807) is 0 Å². The first kappa shape index (κ1) is 16.1. The van der Waals surface area contributed by atoms with Crippen LogP contribution in [0.1, 0.15) is 51.0 Å². The summed E-state index contributed by atoms with van der Waals surface area (Å²) >= 11 is 0. The summed E-state index contributed by atoms with van der Waals surface area (Å²) in [6.07, 6.45) is 13.8. The Morgan fingerprint density at radius 1 is 1.19 bits per heavy atom. The van der Waals surface area contributed by atoms with E-state index in [1.165, 1.54) is 44.1 Å². The maximum absolute atomic E-state index is 5.72. The van der Waals surface area contributed by atoms with Gasteiger partial charge in [-0.15, -0.1) is 0 Å². The topological polar surface area (TPSA) is 21.8 Å². The van der Waals surface area contributed by atoms with Crippen LogP contribution in [-0.2, 0) is 11.2 Å². The number of benzene rings is 1. The van der Waals surface area contributed by atoms with Gasteiger partial charge in [-0.05, 0) is 50.3 Å². The molecule has 1 heterocycles. The molecule has 1 aromatic carbocycles.